The van der Waals surface area contributed by atoms with Crippen molar-refractivity contribution in [1.82, 2.24) is 15.2 Å². The van der Waals surface area contributed by atoms with E-state index in [1.165, 1.54) is 0 Å². The summed E-state index contributed by atoms with van der Waals surface area (Å²) >= 11 is 0. The summed E-state index contributed by atoms with van der Waals surface area (Å²) in [6, 6.07) is 3.95. The Kier molecular flexibility index (Phi) is 11.3. The van der Waals surface area contributed by atoms with Gasteiger partial charge in [0.2, 0.25) is 11.8 Å². The second-order valence-electron chi connectivity index (χ2n) is 8.09. The van der Waals surface area contributed by atoms with Crippen LogP contribution in [0.2, 0.25) is 0 Å². The number of hydrogen-bond acceptors (Lipinski definition) is 4. The number of primary amides is 1. The van der Waals surface area contributed by atoms with Gasteiger partial charge in [-0.3, -0.25) is 9.79 Å². The molecule has 0 spiro atoms. The van der Waals surface area contributed by atoms with Crippen molar-refractivity contribution in [1.29, 1.82) is 0 Å². The zero-order chi connectivity index (χ0) is 20.5. The zero-order valence-corrected chi connectivity index (χ0v) is 20.4. The number of piperidine rings is 1. The van der Waals surface area contributed by atoms with Crippen LogP contribution in [0, 0.1) is 11.8 Å². The lowest BCUT2D eigenvalue weighted by Crippen LogP contribution is -2.46. The van der Waals surface area contributed by atoms with Gasteiger partial charge in [-0.2, -0.15) is 0 Å². The van der Waals surface area contributed by atoms with Crippen LogP contribution in [0.3, 0.4) is 0 Å². The molecule has 0 bridgehead atoms. The van der Waals surface area contributed by atoms with Crippen LogP contribution in [0.5, 0.6) is 5.88 Å². The maximum absolute atomic E-state index is 11.2. The van der Waals surface area contributed by atoms with E-state index in [1.807, 2.05) is 12.1 Å². The van der Waals surface area contributed by atoms with Gasteiger partial charge in [0, 0.05) is 45.4 Å². The molecule has 1 fully saturated rings. The predicted molar refractivity (Wildman–Crippen MR) is 128 cm³/mol. The smallest absolute Gasteiger partial charge is 0.217 e. The van der Waals surface area contributed by atoms with Crippen molar-refractivity contribution in [3.63, 3.8) is 0 Å². The molecule has 1 saturated heterocycles. The van der Waals surface area contributed by atoms with Crippen LogP contribution < -0.4 is 15.8 Å². The van der Waals surface area contributed by atoms with Gasteiger partial charge in [-0.1, -0.05) is 13.8 Å². The summed E-state index contributed by atoms with van der Waals surface area (Å²) in [6.45, 7) is 8.84. The summed E-state index contributed by atoms with van der Waals surface area (Å²) in [5, 5.41) is 3.42. The first-order valence-corrected chi connectivity index (χ1v) is 10.2. The summed E-state index contributed by atoms with van der Waals surface area (Å²) in [4.78, 5) is 22.2. The van der Waals surface area contributed by atoms with Crippen LogP contribution in [0.4, 0.5) is 0 Å². The quantitative estimate of drug-likeness (QED) is 0.314. The number of guanidine groups is 1. The number of likely N-dealkylation sites (tertiary alicyclic amines) is 1. The van der Waals surface area contributed by atoms with E-state index in [1.54, 1.807) is 13.2 Å². The molecule has 1 aromatic rings. The van der Waals surface area contributed by atoms with Crippen LogP contribution in [-0.4, -0.2) is 48.0 Å². The first-order chi connectivity index (χ1) is 13.4. The molecule has 0 aromatic carbocycles. The number of aromatic nitrogens is 1. The minimum atomic E-state index is -0.231. The van der Waals surface area contributed by atoms with Gasteiger partial charge in [-0.25, -0.2) is 4.98 Å². The number of nitrogens with one attached hydrogen (secondary N) is 1. The van der Waals surface area contributed by atoms with Crippen molar-refractivity contribution in [2.45, 2.75) is 59.1 Å². The number of aliphatic imine (C=N–C) groups is 1. The van der Waals surface area contributed by atoms with Crippen LogP contribution in [0.25, 0.3) is 0 Å². The summed E-state index contributed by atoms with van der Waals surface area (Å²) in [6.07, 6.45) is 5.43. The van der Waals surface area contributed by atoms with E-state index in [-0.39, 0.29) is 36.0 Å². The van der Waals surface area contributed by atoms with Gasteiger partial charge in [-0.05, 0) is 49.7 Å². The van der Waals surface area contributed by atoms with E-state index in [2.05, 4.69) is 41.0 Å². The Hall–Kier alpha value is -1.58. The number of hydrogen-bond donors (Lipinski definition) is 2. The highest BCUT2D eigenvalue weighted by Gasteiger charge is 2.23. The monoisotopic (exact) mass is 517 g/mol. The molecular weight excluding hydrogens is 481 g/mol. The van der Waals surface area contributed by atoms with Gasteiger partial charge in [0.25, 0.3) is 0 Å². The molecule has 1 amide bonds. The first kappa shape index (κ1) is 25.5. The number of carbonyl (C=O) groups is 1. The molecular formula is C21H36IN5O2. The zero-order valence-electron chi connectivity index (χ0n) is 18.1. The topological polar surface area (TPSA) is 92.8 Å². The van der Waals surface area contributed by atoms with Crippen molar-refractivity contribution in [2.75, 3.05) is 20.1 Å². The van der Waals surface area contributed by atoms with Crippen LogP contribution in [0.1, 0.15) is 52.0 Å². The molecule has 2 atom stereocenters. The molecule has 2 unspecified atom stereocenters. The Morgan fingerprint density at radius 1 is 1.45 bits per heavy atom. The van der Waals surface area contributed by atoms with Gasteiger partial charge in [0.1, 0.15) is 0 Å². The van der Waals surface area contributed by atoms with Crippen molar-refractivity contribution in [2.24, 2.45) is 22.6 Å². The fourth-order valence-electron chi connectivity index (χ4n) is 3.76. The van der Waals surface area contributed by atoms with Crippen molar-refractivity contribution >= 4 is 35.8 Å². The highest BCUT2D eigenvalue weighted by Crippen LogP contribution is 2.20. The number of halogens is 1. The lowest BCUT2D eigenvalue weighted by Gasteiger charge is -2.34. The normalized spacial score (nSPS) is 18.2. The van der Waals surface area contributed by atoms with E-state index in [0.29, 0.717) is 30.7 Å². The van der Waals surface area contributed by atoms with Crippen LogP contribution in [-0.2, 0) is 11.3 Å². The number of ether oxygens (including phenoxy) is 1. The van der Waals surface area contributed by atoms with E-state index >= 15 is 0 Å². The predicted octanol–water partition coefficient (Wildman–Crippen LogP) is 3.18. The lowest BCUT2D eigenvalue weighted by molar-refractivity contribution is -0.119. The molecule has 0 saturated carbocycles. The number of rotatable bonds is 8. The largest absolute Gasteiger partial charge is 0.475 e. The van der Waals surface area contributed by atoms with E-state index in [0.717, 1.165) is 43.9 Å². The molecule has 2 heterocycles. The third kappa shape index (κ3) is 9.18. The molecule has 1 aromatic heterocycles. The highest BCUT2D eigenvalue weighted by molar-refractivity contribution is 14.0. The number of nitrogens with zero attached hydrogens (tertiary/aromatic N) is 3. The standard InChI is InChI=1S/C21H35N5O2.HI/c1-15(2)10-16(3)28-20-12-17(7-8-24-20)13-25-21(23-4)26-9-5-6-18(14-26)11-19(22)27;/h7-8,12,15-16,18H,5-6,9-11,13-14H2,1-4H3,(H2,22,27)(H,23,25);1H. The Bertz CT molecular complexity index is 668. The number of pyridine rings is 1. The van der Waals surface area contributed by atoms with Gasteiger partial charge in [0.05, 0.1) is 6.10 Å². The van der Waals surface area contributed by atoms with Crippen LogP contribution >= 0.6 is 24.0 Å². The number of nitrogens with two attached hydrogens (primary N) is 1. The fourth-order valence-corrected chi connectivity index (χ4v) is 3.76. The summed E-state index contributed by atoms with van der Waals surface area (Å²) in [5.41, 5.74) is 6.46. The van der Waals surface area contributed by atoms with Crippen molar-refractivity contribution < 1.29 is 9.53 Å². The summed E-state index contributed by atoms with van der Waals surface area (Å²) < 4.78 is 5.94. The second kappa shape index (κ2) is 12.9. The molecule has 2 rings (SSSR count). The Morgan fingerprint density at radius 2 is 2.21 bits per heavy atom. The van der Waals surface area contributed by atoms with Gasteiger partial charge in [-0.15, -0.1) is 24.0 Å². The minimum absolute atomic E-state index is 0. The third-order valence-electron chi connectivity index (χ3n) is 4.90. The molecule has 0 radical (unpaired) electrons. The number of amides is 1. The molecule has 164 valence electrons. The van der Waals surface area contributed by atoms with Gasteiger partial charge < -0.3 is 20.7 Å². The Balaban J connectivity index is 0.00000420. The van der Waals surface area contributed by atoms with E-state index in [9.17, 15) is 4.79 Å². The maximum atomic E-state index is 11.2. The maximum Gasteiger partial charge on any atom is 0.217 e. The minimum Gasteiger partial charge on any atom is -0.475 e. The summed E-state index contributed by atoms with van der Waals surface area (Å²) in [7, 11) is 1.79. The molecule has 29 heavy (non-hydrogen) atoms. The molecule has 1 aliphatic rings. The lowest BCUT2D eigenvalue weighted by atomic mass is 9.95. The summed E-state index contributed by atoms with van der Waals surface area (Å²) in [5.74, 6) is 2.16. The fraction of sp³-hybridized carbons (Fsp3) is 0.667. The second-order valence-corrected chi connectivity index (χ2v) is 8.09. The molecule has 7 nitrogen and oxygen atoms in total. The van der Waals surface area contributed by atoms with Gasteiger partial charge in [0.15, 0.2) is 5.96 Å². The van der Waals surface area contributed by atoms with Crippen molar-refractivity contribution in [3.05, 3.63) is 23.9 Å². The molecule has 1 aliphatic heterocycles. The number of carbonyl (C=O) groups excluding carboxylic acids is 1. The Labute approximate surface area is 191 Å². The Morgan fingerprint density at radius 3 is 2.86 bits per heavy atom. The van der Waals surface area contributed by atoms with Gasteiger partial charge >= 0.3 is 0 Å². The first-order valence-electron chi connectivity index (χ1n) is 10.2. The highest BCUT2D eigenvalue weighted by atomic mass is 127. The molecule has 0 aliphatic carbocycles. The molecule has 3 N–H and O–H groups in total. The third-order valence-corrected chi connectivity index (χ3v) is 4.90. The van der Waals surface area contributed by atoms with Crippen LogP contribution in [0.15, 0.2) is 23.3 Å². The SMILES string of the molecule is CN=C(NCc1ccnc(OC(C)CC(C)C)c1)N1CCCC(CC(N)=O)C1.I. The van der Waals surface area contributed by atoms with E-state index < -0.39 is 0 Å². The molecule has 8 heteroatoms. The average Bonchev–Trinajstić information content (AvgIpc) is 2.61. The van der Waals surface area contributed by atoms with Crippen molar-refractivity contribution in [3.8, 4) is 5.88 Å². The average molecular weight is 517 g/mol. The van der Waals surface area contributed by atoms with E-state index in [4.69, 9.17) is 10.5 Å².